The molecule has 0 aromatic heterocycles. The van der Waals surface area contributed by atoms with Gasteiger partial charge in [-0.05, 0) is 75.0 Å². The van der Waals surface area contributed by atoms with Crippen LogP contribution in [-0.4, -0.2) is 60.4 Å². The highest BCUT2D eigenvalue weighted by Gasteiger charge is 2.46. The van der Waals surface area contributed by atoms with E-state index in [0.717, 1.165) is 16.7 Å². The molecule has 0 spiro atoms. The van der Waals surface area contributed by atoms with Crippen LogP contribution in [0.15, 0.2) is 78.4 Å². The Morgan fingerprint density at radius 3 is 2.26 bits per heavy atom. The Hall–Kier alpha value is -4.10. The lowest BCUT2D eigenvalue weighted by Gasteiger charge is -2.27. The molecule has 3 aromatic carbocycles. The summed E-state index contributed by atoms with van der Waals surface area (Å²) < 4.78 is 11.5. The Morgan fingerprint density at radius 1 is 0.947 bits per heavy atom. The number of aliphatic hydroxyl groups excluding tert-OH is 1. The largest absolute Gasteiger partial charge is 0.507 e. The van der Waals surface area contributed by atoms with Crippen molar-refractivity contribution in [2.45, 2.75) is 26.5 Å². The summed E-state index contributed by atoms with van der Waals surface area (Å²) in [6.45, 7) is 5.60. The first kappa shape index (κ1) is 26.9. The van der Waals surface area contributed by atoms with Gasteiger partial charge in [-0.25, -0.2) is 0 Å². The van der Waals surface area contributed by atoms with Crippen molar-refractivity contribution in [2.24, 2.45) is 0 Å². The molecule has 0 saturated carbocycles. The van der Waals surface area contributed by atoms with Gasteiger partial charge in [-0.1, -0.05) is 42.5 Å². The first-order chi connectivity index (χ1) is 18.3. The second kappa shape index (κ2) is 12.0. The van der Waals surface area contributed by atoms with Crippen LogP contribution in [0, 0.1) is 6.92 Å². The lowest BCUT2D eigenvalue weighted by molar-refractivity contribution is -0.140. The highest BCUT2D eigenvalue weighted by Crippen LogP contribution is 2.40. The molecule has 7 nitrogen and oxygen atoms in total. The maximum absolute atomic E-state index is 13.3. The number of rotatable bonds is 10. The van der Waals surface area contributed by atoms with E-state index in [0.29, 0.717) is 43.4 Å². The van der Waals surface area contributed by atoms with Gasteiger partial charge in [-0.3, -0.25) is 9.59 Å². The minimum Gasteiger partial charge on any atom is -0.507 e. The average Bonchev–Trinajstić information content (AvgIpc) is 3.16. The molecule has 38 heavy (non-hydrogen) atoms. The Balaban J connectivity index is 1.70. The van der Waals surface area contributed by atoms with Crippen LogP contribution in [0.25, 0.3) is 5.76 Å². The van der Waals surface area contributed by atoms with Gasteiger partial charge in [0, 0.05) is 18.7 Å². The Morgan fingerprint density at radius 2 is 1.63 bits per heavy atom. The minimum absolute atomic E-state index is 0.0824. The smallest absolute Gasteiger partial charge is 0.295 e. The molecule has 1 unspecified atom stereocenters. The average molecular weight is 515 g/mol. The number of carbonyl (C=O) groups excluding carboxylic acids is 2. The summed E-state index contributed by atoms with van der Waals surface area (Å²) in [6.07, 6.45) is 0. The zero-order valence-corrected chi connectivity index (χ0v) is 22.3. The van der Waals surface area contributed by atoms with E-state index in [1.807, 2.05) is 93.5 Å². The monoisotopic (exact) mass is 514 g/mol. The summed E-state index contributed by atoms with van der Waals surface area (Å²) in [6, 6.07) is 21.8. The van der Waals surface area contributed by atoms with Crippen molar-refractivity contribution < 1.29 is 24.2 Å². The van der Waals surface area contributed by atoms with Gasteiger partial charge in [0.25, 0.3) is 11.7 Å². The molecule has 1 atom stereocenters. The Bertz CT molecular complexity index is 1320. The molecule has 1 heterocycles. The molecule has 0 bridgehead atoms. The predicted molar refractivity (Wildman–Crippen MR) is 147 cm³/mol. The van der Waals surface area contributed by atoms with Crippen LogP contribution < -0.4 is 9.47 Å². The molecule has 198 valence electrons. The number of nitrogens with zero attached hydrogens (tertiary/aromatic N) is 2. The molecule has 0 radical (unpaired) electrons. The number of carbonyl (C=O) groups is 2. The van der Waals surface area contributed by atoms with Crippen molar-refractivity contribution in [1.29, 1.82) is 0 Å². The van der Waals surface area contributed by atoms with E-state index in [-0.39, 0.29) is 11.3 Å². The fraction of sp³-hybridized carbons (Fsp3) is 0.290. The number of hydrogen-bond donors (Lipinski definition) is 1. The minimum atomic E-state index is -0.718. The van der Waals surface area contributed by atoms with Crippen LogP contribution >= 0.6 is 0 Å². The number of hydrogen-bond acceptors (Lipinski definition) is 6. The number of ketones is 1. The zero-order valence-electron chi connectivity index (χ0n) is 22.3. The standard InChI is InChI=1S/C31H34N2O5/c1-5-37-25-15-16-26(21(2)19-25)29(34)27-28(33(18-17-32(3)4)31(36)30(27)35)23-11-13-24(14-12-23)38-20-22-9-7-6-8-10-22/h6-16,19,28,34H,5,17-18,20H2,1-4H3/b29-27+. The second-order valence-electron chi connectivity index (χ2n) is 9.55. The summed E-state index contributed by atoms with van der Waals surface area (Å²) in [5.74, 6) is -0.151. The van der Waals surface area contributed by atoms with Gasteiger partial charge in [-0.2, -0.15) is 0 Å². The van der Waals surface area contributed by atoms with E-state index < -0.39 is 17.7 Å². The van der Waals surface area contributed by atoms with Gasteiger partial charge < -0.3 is 24.4 Å². The Labute approximate surface area is 223 Å². The molecule has 7 heteroatoms. The predicted octanol–water partition coefficient (Wildman–Crippen LogP) is 4.96. The van der Waals surface area contributed by atoms with Gasteiger partial charge in [0.2, 0.25) is 0 Å². The van der Waals surface area contributed by atoms with Crippen LogP contribution in [0.2, 0.25) is 0 Å². The first-order valence-electron chi connectivity index (χ1n) is 12.7. The number of ether oxygens (including phenoxy) is 2. The van der Waals surface area contributed by atoms with Crippen LogP contribution in [0.4, 0.5) is 0 Å². The lowest BCUT2D eigenvalue weighted by Crippen LogP contribution is -2.35. The number of benzene rings is 3. The van der Waals surface area contributed by atoms with E-state index in [9.17, 15) is 14.7 Å². The number of Topliss-reactive ketones (excluding diaryl/α,β-unsaturated/α-hetero) is 1. The third kappa shape index (κ3) is 5.89. The topological polar surface area (TPSA) is 79.3 Å². The highest BCUT2D eigenvalue weighted by molar-refractivity contribution is 6.46. The normalized spacial score (nSPS) is 16.8. The van der Waals surface area contributed by atoms with Crippen molar-refractivity contribution in [3.63, 3.8) is 0 Å². The molecule has 1 N–H and O–H groups in total. The quantitative estimate of drug-likeness (QED) is 0.234. The summed E-state index contributed by atoms with van der Waals surface area (Å²) in [5, 5.41) is 11.4. The second-order valence-corrected chi connectivity index (χ2v) is 9.55. The molecular weight excluding hydrogens is 480 g/mol. The van der Waals surface area contributed by atoms with Crippen LogP contribution in [-0.2, 0) is 16.2 Å². The molecule has 3 aromatic rings. The summed E-state index contributed by atoms with van der Waals surface area (Å²) in [7, 11) is 3.82. The molecule has 1 amide bonds. The van der Waals surface area contributed by atoms with Gasteiger partial charge in [-0.15, -0.1) is 0 Å². The highest BCUT2D eigenvalue weighted by atomic mass is 16.5. The number of likely N-dealkylation sites (N-methyl/N-ethyl adjacent to an activating group) is 1. The van der Waals surface area contributed by atoms with Gasteiger partial charge >= 0.3 is 0 Å². The Kier molecular flexibility index (Phi) is 8.48. The van der Waals surface area contributed by atoms with Crippen molar-refractivity contribution >= 4 is 17.4 Å². The SMILES string of the molecule is CCOc1ccc(/C(O)=C2\C(=O)C(=O)N(CCN(C)C)C2c2ccc(OCc3ccccc3)cc2)c(C)c1. The van der Waals surface area contributed by atoms with E-state index in [1.165, 1.54) is 4.90 Å². The third-order valence-electron chi connectivity index (χ3n) is 6.54. The number of aliphatic hydroxyl groups is 1. The molecule has 1 saturated heterocycles. The van der Waals surface area contributed by atoms with Gasteiger partial charge in [0.1, 0.15) is 23.9 Å². The zero-order chi connectivity index (χ0) is 27.2. The number of amides is 1. The summed E-state index contributed by atoms with van der Waals surface area (Å²) in [4.78, 5) is 30.0. The van der Waals surface area contributed by atoms with E-state index in [4.69, 9.17) is 9.47 Å². The molecular formula is C31H34N2O5. The lowest BCUT2D eigenvalue weighted by atomic mass is 9.94. The van der Waals surface area contributed by atoms with E-state index >= 15 is 0 Å². The van der Waals surface area contributed by atoms with E-state index in [2.05, 4.69) is 0 Å². The molecule has 0 aliphatic carbocycles. The van der Waals surface area contributed by atoms with Crippen molar-refractivity contribution in [1.82, 2.24) is 9.80 Å². The maximum Gasteiger partial charge on any atom is 0.295 e. The van der Waals surface area contributed by atoms with Crippen LogP contribution in [0.1, 0.15) is 35.2 Å². The third-order valence-corrected chi connectivity index (χ3v) is 6.54. The number of aryl methyl sites for hydroxylation is 1. The molecule has 1 fully saturated rings. The summed E-state index contributed by atoms with van der Waals surface area (Å²) >= 11 is 0. The summed E-state index contributed by atoms with van der Waals surface area (Å²) in [5.41, 5.74) is 3.10. The van der Waals surface area contributed by atoms with Crippen molar-refractivity contribution in [3.8, 4) is 11.5 Å². The molecule has 1 aliphatic heterocycles. The van der Waals surface area contributed by atoms with Gasteiger partial charge in [0.05, 0.1) is 18.2 Å². The van der Waals surface area contributed by atoms with Gasteiger partial charge in [0.15, 0.2) is 0 Å². The fourth-order valence-corrected chi connectivity index (χ4v) is 4.56. The van der Waals surface area contributed by atoms with Crippen molar-refractivity contribution in [3.05, 3.63) is 101 Å². The molecule has 1 aliphatic rings. The van der Waals surface area contributed by atoms with Crippen LogP contribution in [0.3, 0.4) is 0 Å². The van der Waals surface area contributed by atoms with E-state index in [1.54, 1.807) is 12.1 Å². The fourth-order valence-electron chi connectivity index (χ4n) is 4.56. The van der Waals surface area contributed by atoms with Crippen LogP contribution in [0.5, 0.6) is 11.5 Å². The maximum atomic E-state index is 13.3. The molecule has 4 rings (SSSR count). The number of likely N-dealkylation sites (tertiary alicyclic amines) is 1. The van der Waals surface area contributed by atoms with Crippen molar-refractivity contribution in [2.75, 3.05) is 33.8 Å². The first-order valence-corrected chi connectivity index (χ1v) is 12.7.